The highest BCUT2D eigenvalue weighted by Crippen LogP contribution is 2.45. The van der Waals surface area contributed by atoms with Crippen molar-refractivity contribution in [3.63, 3.8) is 0 Å². The fourth-order valence-electron chi connectivity index (χ4n) is 4.72. The third-order valence-electron chi connectivity index (χ3n) is 5.75. The number of para-hydroxylation sites is 1. The van der Waals surface area contributed by atoms with Gasteiger partial charge in [0.25, 0.3) is 5.91 Å². The average Bonchev–Trinajstić information content (AvgIpc) is 3.30. The van der Waals surface area contributed by atoms with Crippen molar-refractivity contribution >= 4 is 27.7 Å². The maximum Gasteiger partial charge on any atom is 0.252 e. The molecule has 0 fully saturated rings. The third-order valence-corrected chi connectivity index (χ3v) is 5.75. The number of rotatable bonds is 0. The van der Waals surface area contributed by atoms with Crippen molar-refractivity contribution in [1.29, 1.82) is 0 Å². The molecular weight excluding hydrogens is 332 g/mol. The van der Waals surface area contributed by atoms with E-state index in [1.165, 1.54) is 38.5 Å². The van der Waals surface area contributed by atoms with E-state index in [2.05, 4.69) is 58.8 Å². The lowest BCUT2D eigenvalue weighted by molar-refractivity contribution is 0.0965. The SMILES string of the molecule is CC.O=C1NCc2c1c1c(c3[nH]c4ccccc4c23)-c2ccccc2CC1. The predicted octanol–water partition coefficient (Wildman–Crippen LogP) is 5.36. The predicted molar refractivity (Wildman–Crippen MR) is 111 cm³/mol. The van der Waals surface area contributed by atoms with Crippen molar-refractivity contribution in [2.75, 3.05) is 0 Å². The molecule has 3 aromatic carbocycles. The van der Waals surface area contributed by atoms with Crippen LogP contribution in [0.5, 0.6) is 0 Å². The van der Waals surface area contributed by atoms with Gasteiger partial charge in [-0.2, -0.15) is 0 Å². The monoisotopic (exact) mass is 354 g/mol. The van der Waals surface area contributed by atoms with Crippen LogP contribution in [0.1, 0.15) is 40.9 Å². The van der Waals surface area contributed by atoms with Crippen LogP contribution in [0.25, 0.3) is 32.9 Å². The van der Waals surface area contributed by atoms with E-state index in [1.807, 2.05) is 13.8 Å². The number of fused-ring (bicyclic) bond motifs is 10. The average molecular weight is 354 g/mol. The standard InChI is InChI=1S/C22H16N2O.C2H6/c25-22-20-15-10-9-12-5-1-2-6-13(12)18(15)21-19(16(20)11-23-22)14-7-3-4-8-17(14)24-21;1-2/h1-8,24H,9-11H2,(H,23,25);1-2H3. The van der Waals surface area contributed by atoms with Gasteiger partial charge in [0.1, 0.15) is 0 Å². The van der Waals surface area contributed by atoms with Gasteiger partial charge in [-0.1, -0.05) is 56.3 Å². The first-order valence-electron chi connectivity index (χ1n) is 9.77. The second-order valence-electron chi connectivity index (χ2n) is 6.97. The van der Waals surface area contributed by atoms with Crippen LogP contribution in [0.2, 0.25) is 0 Å². The van der Waals surface area contributed by atoms with Crippen LogP contribution in [0.15, 0.2) is 48.5 Å². The Labute approximate surface area is 158 Å². The van der Waals surface area contributed by atoms with Crippen molar-refractivity contribution in [3.05, 3.63) is 70.8 Å². The first-order chi connectivity index (χ1) is 13.3. The first kappa shape index (κ1) is 16.1. The summed E-state index contributed by atoms with van der Waals surface area (Å²) in [6, 6.07) is 17.0. The summed E-state index contributed by atoms with van der Waals surface area (Å²) in [5.74, 6) is 0.0813. The molecule has 1 aliphatic heterocycles. The lowest BCUT2D eigenvalue weighted by Gasteiger charge is -2.23. The van der Waals surface area contributed by atoms with E-state index in [9.17, 15) is 4.79 Å². The van der Waals surface area contributed by atoms with Crippen molar-refractivity contribution in [2.45, 2.75) is 33.2 Å². The van der Waals surface area contributed by atoms with Crippen LogP contribution in [-0.2, 0) is 19.4 Å². The van der Waals surface area contributed by atoms with Gasteiger partial charge >= 0.3 is 0 Å². The summed E-state index contributed by atoms with van der Waals surface area (Å²) >= 11 is 0. The Bertz CT molecular complexity index is 1220. The smallest absolute Gasteiger partial charge is 0.252 e. The number of amides is 1. The third kappa shape index (κ3) is 2.11. The Kier molecular flexibility index (Phi) is 3.57. The Morgan fingerprint density at radius 2 is 1.63 bits per heavy atom. The number of aromatic nitrogens is 1. The van der Waals surface area contributed by atoms with Crippen LogP contribution in [0.3, 0.4) is 0 Å². The molecule has 1 amide bonds. The highest BCUT2D eigenvalue weighted by Gasteiger charge is 2.32. The quantitative estimate of drug-likeness (QED) is 0.439. The Morgan fingerprint density at radius 3 is 2.52 bits per heavy atom. The molecule has 2 N–H and O–H groups in total. The second-order valence-corrected chi connectivity index (χ2v) is 6.97. The van der Waals surface area contributed by atoms with E-state index in [0.717, 1.165) is 29.5 Å². The molecule has 0 saturated heterocycles. The number of aromatic amines is 1. The number of carbonyl (C=O) groups is 1. The van der Waals surface area contributed by atoms with Crippen LogP contribution in [-0.4, -0.2) is 10.9 Å². The molecule has 4 aromatic rings. The highest BCUT2D eigenvalue weighted by atomic mass is 16.1. The molecule has 0 atom stereocenters. The van der Waals surface area contributed by atoms with Crippen molar-refractivity contribution < 1.29 is 4.79 Å². The van der Waals surface area contributed by atoms with Gasteiger partial charge in [0.15, 0.2) is 0 Å². The zero-order chi connectivity index (χ0) is 18.5. The molecule has 134 valence electrons. The lowest BCUT2D eigenvalue weighted by atomic mass is 9.80. The van der Waals surface area contributed by atoms with E-state index < -0.39 is 0 Å². The molecule has 0 spiro atoms. The molecule has 3 heteroatoms. The van der Waals surface area contributed by atoms with Crippen LogP contribution >= 0.6 is 0 Å². The lowest BCUT2D eigenvalue weighted by Crippen LogP contribution is -2.15. The molecule has 0 unspecified atom stereocenters. The topological polar surface area (TPSA) is 44.9 Å². The number of nitrogens with one attached hydrogen (secondary N) is 2. The highest BCUT2D eigenvalue weighted by molar-refractivity contribution is 6.19. The Balaban J connectivity index is 0.000000777. The van der Waals surface area contributed by atoms with Gasteiger partial charge in [-0.15, -0.1) is 0 Å². The second kappa shape index (κ2) is 5.98. The van der Waals surface area contributed by atoms with Gasteiger partial charge < -0.3 is 10.3 Å². The summed E-state index contributed by atoms with van der Waals surface area (Å²) in [5.41, 5.74) is 9.47. The number of hydrogen-bond acceptors (Lipinski definition) is 1. The van der Waals surface area contributed by atoms with E-state index in [1.54, 1.807) is 0 Å². The fourth-order valence-corrected chi connectivity index (χ4v) is 4.72. The molecule has 2 heterocycles. The van der Waals surface area contributed by atoms with Gasteiger partial charge in [-0.05, 0) is 41.2 Å². The van der Waals surface area contributed by atoms with Gasteiger partial charge in [-0.3, -0.25) is 4.79 Å². The van der Waals surface area contributed by atoms with Crippen LogP contribution < -0.4 is 5.32 Å². The van der Waals surface area contributed by atoms with E-state index in [-0.39, 0.29) is 5.91 Å². The molecule has 2 aliphatic rings. The Hall–Kier alpha value is -3.07. The molecule has 0 saturated carbocycles. The van der Waals surface area contributed by atoms with Gasteiger partial charge in [0, 0.05) is 34.0 Å². The molecule has 0 radical (unpaired) electrons. The fraction of sp³-hybridized carbons (Fsp3) is 0.208. The van der Waals surface area contributed by atoms with Crippen molar-refractivity contribution in [3.8, 4) is 11.1 Å². The van der Waals surface area contributed by atoms with E-state index in [4.69, 9.17) is 0 Å². The molecule has 1 aromatic heterocycles. The maximum atomic E-state index is 12.6. The summed E-state index contributed by atoms with van der Waals surface area (Å²) < 4.78 is 0. The largest absolute Gasteiger partial charge is 0.354 e. The zero-order valence-electron chi connectivity index (χ0n) is 15.6. The molecule has 1 aliphatic carbocycles. The molecule has 0 bridgehead atoms. The van der Waals surface area contributed by atoms with Crippen molar-refractivity contribution in [1.82, 2.24) is 10.3 Å². The number of aryl methyl sites for hydroxylation is 1. The molecule has 3 nitrogen and oxygen atoms in total. The minimum absolute atomic E-state index is 0.0813. The van der Waals surface area contributed by atoms with Crippen molar-refractivity contribution in [2.24, 2.45) is 0 Å². The minimum Gasteiger partial charge on any atom is -0.354 e. The number of carbonyl (C=O) groups excluding carboxylic acids is 1. The normalized spacial score (nSPS) is 14.2. The summed E-state index contributed by atoms with van der Waals surface area (Å²) in [6.07, 6.45) is 1.92. The number of benzene rings is 3. The summed E-state index contributed by atoms with van der Waals surface area (Å²) in [5, 5.41) is 5.47. The summed E-state index contributed by atoms with van der Waals surface area (Å²) in [7, 11) is 0. The Morgan fingerprint density at radius 1 is 0.852 bits per heavy atom. The molecule has 27 heavy (non-hydrogen) atoms. The van der Waals surface area contributed by atoms with Gasteiger partial charge in [0.05, 0.1) is 5.52 Å². The molecule has 6 rings (SSSR count). The maximum absolute atomic E-state index is 12.6. The van der Waals surface area contributed by atoms with E-state index in [0.29, 0.717) is 6.54 Å². The minimum atomic E-state index is 0.0813. The zero-order valence-corrected chi connectivity index (χ0v) is 15.6. The van der Waals surface area contributed by atoms with Crippen LogP contribution in [0, 0.1) is 0 Å². The van der Waals surface area contributed by atoms with E-state index >= 15 is 0 Å². The van der Waals surface area contributed by atoms with Gasteiger partial charge in [0.2, 0.25) is 0 Å². The first-order valence-corrected chi connectivity index (χ1v) is 9.77. The number of hydrogen-bond donors (Lipinski definition) is 2. The summed E-state index contributed by atoms with van der Waals surface area (Å²) in [6.45, 7) is 4.63. The number of H-pyrrole nitrogens is 1. The molecular formula is C24H22N2O. The van der Waals surface area contributed by atoms with Gasteiger partial charge in [-0.25, -0.2) is 0 Å². The van der Waals surface area contributed by atoms with Crippen LogP contribution in [0.4, 0.5) is 0 Å². The summed E-state index contributed by atoms with van der Waals surface area (Å²) in [4.78, 5) is 16.3.